The van der Waals surface area contributed by atoms with E-state index < -0.39 is 43.1 Å². The molecule has 0 bridgehead atoms. The van der Waals surface area contributed by atoms with E-state index in [4.69, 9.17) is 27.5 Å². The molecule has 0 fully saturated rings. The Balaban J connectivity index is 1.78. The summed E-state index contributed by atoms with van der Waals surface area (Å²) in [6.07, 6.45) is 3.61. The van der Waals surface area contributed by atoms with Crippen LogP contribution in [-0.4, -0.2) is 37.7 Å². The van der Waals surface area contributed by atoms with Crippen molar-refractivity contribution in [1.29, 1.82) is 15.8 Å². The van der Waals surface area contributed by atoms with E-state index >= 15 is 0 Å². The summed E-state index contributed by atoms with van der Waals surface area (Å²) < 4.78 is 32.1. The molecule has 0 spiro atoms. The molecule has 0 unspecified atom stereocenters. The van der Waals surface area contributed by atoms with Gasteiger partial charge >= 0.3 is 17.9 Å². The van der Waals surface area contributed by atoms with Crippen molar-refractivity contribution in [3.63, 3.8) is 0 Å². The standard InChI is InChI=1S/C32H27N3O9/c1-20-5-8-26(42-20)11-23(14-33)29(36)39-17-32(4,18-40-30(37)24(15-34)12-27-9-6-21(2)43-27)19-41-31(38)25(16-35)13-28-10-7-22(3)44-28/h5-13H,17-19H2,1-4H3/b23-11-,24-12+,25-13+. The molecule has 3 heterocycles. The maximum Gasteiger partial charge on any atom is 0.349 e. The van der Waals surface area contributed by atoms with Crippen LogP contribution in [0.15, 0.2) is 66.4 Å². The molecule has 0 aromatic carbocycles. The van der Waals surface area contributed by atoms with Gasteiger partial charge in [-0.05, 0) is 64.1 Å². The molecular weight excluding hydrogens is 570 g/mol. The quantitative estimate of drug-likeness (QED) is 0.116. The molecule has 12 nitrogen and oxygen atoms in total. The van der Waals surface area contributed by atoms with E-state index in [1.165, 1.54) is 25.2 Å². The summed E-state index contributed by atoms with van der Waals surface area (Å²) in [5, 5.41) is 28.4. The van der Waals surface area contributed by atoms with Gasteiger partial charge in [-0.1, -0.05) is 0 Å². The molecule has 0 amide bonds. The van der Waals surface area contributed by atoms with E-state index in [-0.39, 0.29) is 34.0 Å². The Labute approximate surface area is 252 Å². The van der Waals surface area contributed by atoms with Crippen molar-refractivity contribution >= 4 is 36.1 Å². The number of ether oxygens (including phenoxy) is 3. The van der Waals surface area contributed by atoms with Crippen LogP contribution in [-0.2, 0) is 28.6 Å². The summed E-state index contributed by atoms with van der Waals surface area (Å²) in [4.78, 5) is 38.2. The minimum atomic E-state index is -1.38. The van der Waals surface area contributed by atoms with Crippen LogP contribution >= 0.6 is 0 Å². The lowest BCUT2D eigenvalue weighted by atomic mass is 9.94. The predicted molar refractivity (Wildman–Crippen MR) is 152 cm³/mol. The minimum Gasteiger partial charge on any atom is -0.462 e. The number of aryl methyl sites for hydroxylation is 3. The molecule has 3 rings (SSSR count). The summed E-state index contributed by atoms with van der Waals surface area (Å²) in [6, 6.07) is 14.9. The Hall–Kier alpha value is -6.06. The fraction of sp³-hybridized carbons (Fsp3) is 0.250. The van der Waals surface area contributed by atoms with E-state index in [1.54, 1.807) is 75.4 Å². The molecule has 44 heavy (non-hydrogen) atoms. The number of esters is 3. The molecule has 3 aromatic rings. The zero-order valence-corrected chi connectivity index (χ0v) is 24.3. The van der Waals surface area contributed by atoms with Crippen LogP contribution in [0, 0.1) is 60.2 Å². The highest BCUT2D eigenvalue weighted by molar-refractivity contribution is 5.98. The first-order valence-electron chi connectivity index (χ1n) is 13.0. The summed E-state index contributed by atoms with van der Waals surface area (Å²) in [6.45, 7) is 5.09. The summed E-state index contributed by atoms with van der Waals surface area (Å²) in [5.41, 5.74) is -2.50. The minimum absolute atomic E-state index is 0.256. The van der Waals surface area contributed by atoms with Gasteiger partial charge in [0.25, 0.3) is 0 Å². The maximum atomic E-state index is 12.7. The van der Waals surface area contributed by atoms with Gasteiger partial charge in [0.15, 0.2) is 0 Å². The lowest BCUT2D eigenvalue weighted by Crippen LogP contribution is -2.37. The molecule has 0 N–H and O–H groups in total. The molecule has 0 aliphatic heterocycles. The number of rotatable bonds is 12. The van der Waals surface area contributed by atoms with Crippen molar-refractivity contribution in [2.24, 2.45) is 5.41 Å². The molecule has 0 saturated heterocycles. The van der Waals surface area contributed by atoms with Crippen molar-refractivity contribution in [3.8, 4) is 18.2 Å². The number of hydrogen-bond donors (Lipinski definition) is 0. The van der Waals surface area contributed by atoms with Crippen LogP contribution < -0.4 is 0 Å². The van der Waals surface area contributed by atoms with Crippen molar-refractivity contribution in [1.82, 2.24) is 0 Å². The third-order valence-corrected chi connectivity index (χ3v) is 5.82. The Morgan fingerprint density at radius 3 is 1.09 bits per heavy atom. The van der Waals surface area contributed by atoms with Gasteiger partial charge in [0.1, 0.15) is 89.3 Å². The smallest absolute Gasteiger partial charge is 0.349 e. The van der Waals surface area contributed by atoms with Crippen LogP contribution in [0.3, 0.4) is 0 Å². The topological polar surface area (TPSA) is 190 Å². The molecule has 0 saturated carbocycles. The van der Waals surface area contributed by atoms with Gasteiger partial charge < -0.3 is 27.5 Å². The summed E-state index contributed by atoms with van der Waals surface area (Å²) >= 11 is 0. The van der Waals surface area contributed by atoms with Crippen molar-refractivity contribution in [3.05, 3.63) is 87.7 Å². The van der Waals surface area contributed by atoms with Crippen LogP contribution in [0.4, 0.5) is 0 Å². The number of nitrogens with zero attached hydrogens (tertiary/aromatic N) is 3. The lowest BCUT2D eigenvalue weighted by Gasteiger charge is -2.27. The first-order chi connectivity index (χ1) is 20.9. The highest BCUT2D eigenvalue weighted by atomic mass is 16.6. The van der Waals surface area contributed by atoms with Gasteiger partial charge in [-0.15, -0.1) is 0 Å². The van der Waals surface area contributed by atoms with Gasteiger partial charge in [-0.2, -0.15) is 15.8 Å². The largest absolute Gasteiger partial charge is 0.462 e. The second kappa shape index (κ2) is 14.7. The number of carbonyl (C=O) groups is 3. The zero-order valence-electron chi connectivity index (χ0n) is 24.3. The normalized spacial score (nSPS) is 12.1. The Kier molecular flexibility index (Phi) is 10.9. The van der Waals surface area contributed by atoms with Crippen LogP contribution in [0.1, 0.15) is 41.5 Å². The summed E-state index contributed by atoms with van der Waals surface area (Å²) in [7, 11) is 0. The fourth-order valence-corrected chi connectivity index (χ4v) is 3.51. The van der Waals surface area contributed by atoms with E-state index in [0.717, 1.165) is 0 Å². The SMILES string of the molecule is Cc1ccc(/C=C(/C#N)C(=O)OCC(C)(COC(=O)/C(C#N)=C/c2ccc(C)o2)COC(=O)/C(C#N)=C/c2ccc(C)o2)o1. The monoisotopic (exact) mass is 597 g/mol. The van der Waals surface area contributed by atoms with E-state index in [2.05, 4.69) is 0 Å². The van der Waals surface area contributed by atoms with Gasteiger partial charge in [0.2, 0.25) is 0 Å². The number of hydrogen-bond acceptors (Lipinski definition) is 12. The number of nitriles is 3. The lowest BCUT2D eigenvalue weighted by molar-refractivity contribution is -0.155. The highest BCUT2D eigenvalue weighted by Gasteiger charge is 2.32. The van der Waals surface area contributed by atoms with Crippen LogP contribution in [0.25, 0.3) is 18.2 Å². The molecule has 12 heteroatoms. The van der Waals surface area contributed by atoms with Gasteiger partial charge in [0, 0.05) is 18.2 Å². The number of carbonyl (C=O) groups excluding carboxylic acids is 3. The average Bonchev–Trinajstić information content (AvgIpc) is 3.74. The molecule has 0 radical (unpaired) electrons. The van der Waals surface area contributed by atoms with Gasteiger partial charge in [-0.3, -0.25) is 0 Å². The average molecular weight is 598 g/mol. The van der Waals surface area contributed by atoms with E-state index in [0.29, 0.717) is 17.3 Å². The van der Waals surface area contributed by atoms with E-state index in [9.17, 15) is 30.2 Å². The zero-order chi connectivity index (χ0) is 32.3. The second-order valence-electron chi connectivity index (χ2n) is 9.89. The number of furan rings is 3. The Morgan fingerprint density at radius 1 is 0.614 bits per heavy atom. The first-order valence-corrected chi connectivity index (χ1v) is 13.0. The predicted octanol–water partition coefficient (Wildman–Crippen LogP) is 5.15. The molecule has 0 aliphatic carbocycles. The van der Waals surface area contributed by atoms with Crippen LogP contribution in [0.5, 0.6) is 0 Å². The van der Waals surface area contributed by atoms with Crippen LogP contribution in [0.2, 0.25) is 0 Å². The fourth-order valence-electron chi connectivity index (χ4n) is 3.51. The molecular formula is C32H27N3O9. The Morgan fingerprint density at radius 2 is 0.886 bits per heavy atom. The molecule has 3 aromatic heterocycles. The molecule has 224 valence electrons. The molecule has 0 atom stereocenters. The third kappa shape index (κ3) is 9.23. The molecule has 0 aliphatic rings. The van der Waals surface area contributed by atoms with Gasteiger partial charge in [-0.25, -0.2) is 14.4 Å². The maximum absolute atomic E-state index is 12.7. The Bertz CT molecular complexity index is 1560. The third-order valence-electron chi connectivity index (χ3n) is 5.82. The highest BCUT2D eigenvalue weighted by Crippen LogP contribution is 2.22. The van der Waals surface area contributed by atoms with Crippen molar-refractivity contribution in [2.45, 2.75) is 27.7 Å². The van der Waals surface area contributed by atoms with Gasteiger partial charge in [0.05, 0.1) is 5.41 Å². The van der Waals surface area contributed by atoms with Crippen molar-refractivity contribution in [2.75, 3.05) is 19.8 Å². The van der Waals surface area contributed by atoms with E-state index in [1.807, 2.05) is 0 Å². The second-order valence-corrected chi connectivity index (χ2v) is 9.89. The van der Waals surface area contributed by atoms with Crippen molar-refractivity contribution < 1.29 is 41.8 Å². The summed E-state index contributed by atoms with van der Waals surface area (Å²) in [5.74, 6) is -0.562. The first kappa shape index (κ1) is 32.5.